The summed E-state index contributed by atoms with van der Waals surface area (Å²) in [7, 11) is 1.89. The zero-order chi connectivity index (χ0) is 16.5. The van der Waals surface area contributed by atoms with E-state index in [1.165, 1.54) is 11.1 Å². The molecule has 6 heteroatoms. The zero-order valence-electron chi connectivity index (χ0n) is 13.8. The first-order chi connectivity index (χ1) is 11.7. The van der Waals surface area contributed by atoms with E-state index in [1.54, 1.807) is 4.68 Å². The smallest absolute Gasteiger partial charge is 0.220 e. The van der Waals surface area contributed by atoms with E-state index in [1.807, 2.05) is 19.4 Å². The average Bonchev–Trinajstić information content (AvgIpc) is 3.21. The summed E-state index contributed by atoms with van der Waals surface area (Å²) < 4.78 is 7.33. The molecule has 0 bridgehead atoms. The molecule has 2 aromatic rings. The molecule has 1 fully saturated rings. The highest BCUT2D eigenvalue weighted by Crippen LogP contribution is 2.27. The van der Waals surface area contributed by atoms with Gasteiger partial charge in [-0.3, -0.25) is 9.48 Å². The van der Waals surface area contributed by atoms with Crippen LogP contribution in [-0.4, -0.2) is 28.3 Å². The molecule has 3 heterocycles. The van der Waals surface area contributed by atoms with Crippen LogP contribution in [0, 0.1) is 0 Å². The van der Waals surface area contributed by atoms with Gasteiger partial charge in [-0.05, 0) is 23.6 Å². The lowest BCUT2D eigenvalue weighted by atomic mass is 9.93. The molecule has 0 radical (unpaired) electrons. The monoisotopic (exact) mass is 326 g/mol. The van der Waals surface area contributed by atoms with Crippen molar-refractivity contribution in [1.82, 2.24) is 20.4 Å². The number of aryl methyl sites for hydroxylation is 1. The van der Waals surface area contributed by atoms with Crippen LogP contribution in [0.1, 0.15) is 35.6 Å². The molecule has 0 aliphatic carbocycles. The number of piperidine rings is 1. The maximum Gasteiger partial charge on any atom is 0.220 e. The minimum absolute atomic E-state index is 0.0299. The first-order valence-electron chi connectivity index (χ1n) is 8.45. The highest BCUT2D eigenvalue weighted by Gasteiger charge is 2.30. The summed E-state index contributed by atoms with van der Waals surface area (Å²) in [6.07, 6.45) is 6.18. The van der Waals surface area contributed by atoms with Crippen LogP contribution in [0.4, 0.5) is 0 Å². The number of fused-ring (bicyclic) bond motifs is 1. The molecule has 2 atom stereocenters. The third-order valence-electron chi connectivity index (χ3n) is 4.81. The number of nitrogens with zero attached hydrogens (tertiary/aromatic N) is 2. The Labute approximate surface area is 141 Å². The van der Waals surface area contributed by atoms with E-state index in [2.05, 4.69) is 33.9 Å². The Morgan fingerprint density at radius 3 is 3.17 bits per heavy atom. The summed E-state index contributed by atoms with van der Waals surface area (Å²) in [5.74, 6) is 1.12. The van der Waals surface area contributed by atoms with Crippen LogP contribution in [0.5, 0.6) is 5.75 Å². The third kappa shape index (κ3) is 3.01. The van der Waals surface area contributed by atoms with Gasteiger partial charge in [0.2, 0.25) is 5.91 Å². The zero-order valence-corrected chi connectivity index (χ0v) is 13.8. The molecule has 0 saturated carbocycles. The van der Waals surface area contributed by atoms with Crippen molar-refractivity contribution in [2.24, 2.45) is 7.05 Å². The predicted molar refractivity (Wildman–Crippen MR) is 89.6 cm³/mol. The van der Waals surface area contributed by atoms with Gasteiger partial charge in [0.1, 0.15) is 5.75 Å². The third-order valence-corrected chi connectivity index (χ3v) is 4.81. The number of carbonyl (C=O) groups is 1. The van der Waals surface area contributed by atoms with Gasteiger partial charge in [0.05, 0.1) is 18.8 Å². The van der Waals surface area contributed by atoms with Crippen LogP contribution in [0.2, 0.25) is 0 Å². The summed E-state index contributed by atoms with van der Waals surface area (Å²) in [6, 6.07) is 6.56. The summed E-state index contributed by atoms with van der Waals surface area (Å²) in [4.78, 5) is 11.8. The molecule has 2 aliphatic rings. The fourth-order valence-corrected chi connectivity index (χ4v) is 3.53. The Balaban J connectivity index is 1.46. The summed E-state index contributed by atoms with van der Waals surface area (Å²) in [5, 5.41) is 10.9. The second kappa shape index (κ2) is 6.28. The van der Waals surface area contributed by atoms with E-state index in [0.717, 1.165) is 37.3 Å². The van der Waals surface area contributed by atoms with Gasteiger partial charge in [-0.1, -0.05) is 12.1 Å². The van der Waals surface area contributed by atoms with Gasteiger partial charge in [0, 0.05) is 44.2 Å². The van der Waals surface area contributed by atoms with Crippen LogP contribution in [0.15, 0.2) is 30.6 Å². The van der Waals surface area contributed by atoms with Crippen molar-refractivity contribution >= 4 is 5.91 Å². The number of hydrogen-bond donors (Lipinski definition) is 2. The number of nitrogens with one attached hydrogen (secondary N) is 2. The maximum atomic E-state index is 11.8. The highest BCUT2D eigenvalue weighted by atomic mass is 16.5. The summed E-state index contributed by atoms with van der Waals surface area (Å²) in [5.41, 5.74) is 3.58. The molecule has 1 saturated heterocycles. The number of aromatic nitrogens is 2. The van der Waals surface area contributed by atoms with Gasteiger partial charge in [0.25, 0.3) is 0 Å². The van der Waals surface area contributed by atoms with Crippen LogP contribution < -0.4 is 15.4 Å². The van der Waals surface area contributed by atoms with E-state index in [0.29, 0.717) is 6.42 Å². The number of hydrogen-bond acceptors (Lipinski definition) is 4. The Kier molecular flexibility index (Phi) is 3.98. The summed E-state index contributed by atoms with van der Waals surface area (Å²) >= 11 is 0. The van der Waals surface area contributed by atoms with Crippen LogP contribution >= 0.6 is 0 Å². The molecule has 2 aliphatic heterocycles. The topological polar surface area (TPSA) is 68.2 Å². The first kappa shape index (κ1) is 15.2. The molecule has 24 heavy (non-hydrogen) atoms. The lowest BCUT2D eigenvalue weighted by molar-refractivity contribution is -0.123. The number of rotatable bonds is 4. The quantitative estimate of drug-likeness (QED) is 0.893. The van der Waals surface area contributed by atoms with E-state index < -0.39 is 0 Å². The van der Waals surface area contributed by atoms with Crippen molar-refractivity contribution in [3.05, 3.63) is 47.3 Å². The van der Waals surface area contributed by atoms with Crippen LogP contribution in [0.25, 0.3) is 0 Å². The van der Waals surface area contributed by atoms with Gasteiger partial charge in [0.15, 0.2) is 0 Å². The van der Waals surface area contributed by atoms with Gasteiger partial charge in [-0.15, -0.1) is 0 Å². The summed E-state index contributed by atoms with van der Waals surface area (Å²) in [6.45, 7) is 1.56. The minimum Gasteiger partial charge on any atom is -0.493 e. The Morgan fingerprint density at radius 1 is 1.42 bits per heavy atom. The second-order valence-electron chi connectivity index (χ2n) is 6.56. The molecule has 2 N–H and O–H groups in total. The lowest BCUT2D eigenvalue weighted by Gasteiger charge is -2.32. The number of carbonyl (C=O) groups excluding carboxylic acids is 1. The largest absolute Gasteiger partial charge is 0.493 e. The first-order valence-corrected chi connectivity index (χ1v) is 8.45. The Hall–Kier alpha value is -2.34. The van der Waals surface area contributed by atoms with Crippen molar-refractivity contribution in [1.29, 1.82) is 0 Å². The minimum atomic E-state index is -0.0299. The fraction of sp³-hybridized carbons (Fsp3) is 0.444. The standard InChI is InChI=1S/C18H22N4O2/c1-22-11-14(10-20-22)18-15(3-5-17(23)21-18)19-9-12-2-4-16-13(8-12)6-7-24-16/h2,4,8,10-11,15,18-19H,3,5-7,9H2,1H3,(H,21,23)/t15-,18+/m1/s1. The molecule has 1 aromatic heterocycles. The Bertz CT molecular complexity index is 755. The second-order valence-corrected chi connectivity index (χ2v) is 6.56. The van der Waals surface area contributed by atoms with Gasteiger partial charge in [-0.25, -0.2) is 0 Å². The van der Waals surface area contributed by atoms with Crippen LogP contribution in [0.3, 0.4) is 0 Å². The van der Waals surface area contributed by atoms with Crippen molar-refractivity contribution < 1.29 is 9.53 Å². The van der Waals surface area contributed by atoms with E-state index >= 15 is 0 Å². The van der Waals surface area contributed by atoms with E-state index in [4.69, 9.17) is 4.74 Å². The molecular formula is C18H22N4O2. The predicted octanol–water partition coefficient (Wildman–Crippen LogP) is 1.46. The number of ether oxygens (including phenoxy) is 1. The molecule has 1 amide bonds. The van der Waals surface area contributed by atoms with Gasteiger partial charge in [-0.2, -0.15) is 5.10 Å². The van der Waals surface area contributed by atoms with Crippen LogP contribution in [-0.2, 0) is 24.8 Å². The lowest BCUT2D eigenvalue weighted by Crippen LogP contribution is -2.48. The van der Waals surface area contributed by atoms with E-state index in [-0.39, 0.29) is 18.0 Å². The molecule has 6 nitrogen and oxygen atoms in total. The molecule has 1 aromatic carbocycles. The van der Waals surface area contributed by atoms with Crippen molar-refractivity contribution in [3.63, 3.8) is 0 Å². The molecule has 0 unspecified atom stereocenters. The van der Waals surface area contributed by atoms with Gasteiger partial charge < -0.3 is 15.4 Å². The van der Waals surface area contributed by atoms with Crippen molar-refractivity contribution in [2.75, 3.05) is 6.61 Å². The van der Waals surface area contributed by atoms with Crippen molar-refractivity contribution in [3.8, 4) is 5.75 Å². The number of amides is 1. The average molecular weight is 326 g/mol. The molecule has 126 valence electrons. The van der Waals surface area contributed by atoms with Gasteiger partial charge >= 0.3 is 0 Å². The maximum absolute atomic E-state index is 11.8. The highest BCUT2D eigenvalue weighted by molar-refractivity contribution is 5.77. The van der Waals surface area contributed by atoms with Crippen molar-refractivity contribution in [2.45, 2.75) is 37.9 Å². The number of benzene rings is 1. The molecule has 4 rings (SSSR count). The Morgan fingerprint density at radius 2 is 2.33 bits per heavy atom. The van der Waals surface area contributed by atoms with E-state index in [9.17, 15) is 4.79 Å². The normalized spacial score (nSPS) is 22.8. The molecule has 0 spiro atoms. The SMILES string of the molecule is Cn1cc([C@@H]2NC(=O)CC[C@H]2NCc2ccc3c(c2)CCO3)cn1. The fourth-order valence-electron chi connectivity index (χ4n) is 3.53. The molecular weight excluding hydrogens is 304 g/mol.